The second-order valence-corrected chi connectivity index (χ2v) is 4.81. The summed E-state index contributed by atoms with van der Waals surface area (Å²) in [6, 6.07) is 13.3. The van der Waals surface area contributed by atoms with Crippen molar-refractivity contribution in [2.75, 3.05) is 0 Å². The van der Waals surface area contributed by atoms with Crippen LogP contribution in [0.5, 0.6) is 0 Å². The molecule has 0 spiro atoms. The van der Waals surface area contributed by atoms with Crippen molar-refractivity contribution in [3.05, 3.63) is 64.9 Å². The van der Waals surface area contributed by atoms with Crippen molar-refractivity contribution in [1.29, 1.82) is 0 Å². The van der Waals surface area contributed by atoms with Crippen molar-refractivity contribution in [2.24, 2.45) is 5.10 Å². The SMILES string of the molecule is O=C(C[n+]1ccccc1)NN=Cc1ccc(Br)cc1.[Cl-]. The van der Waals surface area contributed by atoms with Gasteiger partial charge in [-0.15, -0.1) is 0 Å². The van der Waals surface area contributed by atoms with Crippen molar-refractivity contribution in [1.82, 2.24) is 5.43 Å². The number of carbonyl (C=O) groups is 1. The summed E-state index contributed by atoms with van der Waals surface area (Å²) in [5.41, 5.74) is 3.42. The van der Waals surface area contributed by atoms with Crippen molar-refractivity contribution in [3.63, 3.8) is 0 Å². The standard InChI is InChI=1S/C14H12BrN3O.ClH/c15-13-6-4-12(5-7-13)10-16-17-14(19)11-18-8-2-1-3-9-18;/h1-10H,11H2;1H. The number of hydrazone groups is 1. The highest BCUT2D eigenvalue weighted by Gasteiger charge is 2.06. The lowest BCUT2D eigenvalue weighted by atomic mass is 10.2. The first-order valence-electron chi connectivity index (χ1n) is 5.75. The predicted molar refractivity (Wildman–Crippen MR) is 76.5 cm³/mol. The molecule has 0 bridgehead atoms. The van der Waals surface area contributed by atoms with Crippen LogP contribution in [0.25, 0.3) is 0 Å². The molecule has 2 rings (SSSR count). The molecule has 1 N–H and O–H groups in total. The number of hydrogen-bond donors (Lipinski definition) is 1. The number of carbonyl (C=O) groups excluding carboxylic acids is 1. The van der Waals surface area contributed by atoms with Gasteiger partial charge in [0.2, 0.25) is 6.54 Å². The van der Waals surface area contributed by atoms with E-state index in [2.05, 4.69) is 26.5 Å². The zero-order valence-corrected chi connectivity index (χ0v) is 12.9. The molecule has 0 atom stereocenters. The number of amides is 1. The van der Waals surface area contributed by atoms with E-state index in [0.29, 0.717) is 0 Å². The van der Waals surface area contributed by atoms with Crippen LogP contribution in [-0.4, -0.2) is 12.1 Å². The summed E-state index contributed by atoms with van der Waals surface area (Å²) in [6.07, 6.45) is 5.27. The average Bonchev–Trinajstić information content (AvgIpc) is 2.42. The summed E-state index contributed by atoms with van der Waals surface area (Å²) < 4.78 is 2.79. The van der Waals surface area contributed by atoms with E-state index in [9.17, 15) is 4.79 Å². The molecular formula is C14H13BrClN3O. The second-order valence-electron chi connectivity index (χ2n) is 3.89. The fraction of sp³-hybridized carbons (Fsp3) is 0.0714. The minimum absolute atomic E-state index is 0. The molecule has 1 amide bonds. The van der Waals surface area contributed by atoms with Crippen LogP contribution in [-0.2, 0) is 11.3 Å². The van der Waals surface area contributed by atoms with Gasteiger partial charge in [-0.2, -0.15) is 9.67 Å². The quantitative estimate of drug-likeness (QED) is 0.422. The molecule has 0 aliphatic rings. The van der Waals surface area contributed by atoms with Crippen LogP contribution in [0.2, 0.25) is 0 Å². The van der Waals surface area contributed by atoms with Gasteiger partial charge in [0, 0.05) is 16.6 Å². The van der Waals surface area contributed by atoms with E-state index in [1.165, 1.54) is 0 Å². The lowest BCUT2D eigenvalue weighted by Crippen LogP contribution is -3.00. The van der Waals surface area contributed by atoms with Crippen LogP contribution in [0.3, 0.4) is 0 Å². The van der Waals surface area contributed by atoms with Gasteiger partial charge in [0.25, 0.3) is 0 Å². The minimum atomic E-state index is -0.162. The summed E-state index contributed by atoms with van der Waals surface area (Å²) in [5.74, 6) is -0.162. The molecule has 4 nitrogen and oxygen atoms in total. The van der Waals surface area contributed by atoms with Crippen LogP contribution in [0.1, 0.15) is 5.56 Å². The smallest absolute Gasteiger partial charge is 0.305 e. The van der Waals surface area contributed by atoms with Crippen molar-refractivity contribution >= 4 is 28.1 Å². The Kier molecular flexibility index (Phi) is 6.90. The van der Waals surface area contributed by atoms with E-state index in [1.807, 2.05) is 54.9 Å². The van der Waals surface area contributed by atoms with Gasteiger partial charge in [0.15, 0.2) is 12.4 Å². The Morgan fingerprint density at radius 3 is 2.50 bits per heavy atom. The van der Waals surface area contributed by atoms with E-state index < -0.39 is 0 Å². The van der Waals surface area contributed by atoms with Crippen LogP contribution >= 0.6 is 15.9 Å². The molecular weight excluding hydrogens is 342 g/mol. The zero-order valence-electron chi connectivity index (χ0n) is 10.5. The fourth-order valence-electron chi connectivity index (χ4n) is 1.47. The number of hydrogen-bond acceptors (Lipinski definition) is 2. The van der Waals surface area contributed by atoms with Gasteiger partial charge in [-0.05, 0) is 17.7 Å². The van der Waals surface area contributed by atoms with Gasteiger partial charge in [0.05, 0.1) is 6.21 Å². The number of nitrogens with one attached hydrogen (secondary N) is 1. The molecule has 1 aromatic carbocycles. The summed E-state index contributed by atoms with van der Waals surface area (Å²) in [6.45, 7) is 0.249. The third kappa shape index (κ3) is 5.50. The van der Waals surface area contributed by atoms with E-state index in [0.717, 1.165) is 10.0 Å². The molecule has 2 aromatic rings. The van der Waals surface area contributed by atoms with E-state index in [-0.39, 0.29) is 24.9 Å². The maximum atomic E-state index is 11.6. The van der Waals surface area contributed by atoms with Crippen molar-refractivity contribution < 1.29 is 21.8 Å². The maximum absolute atomic E-state index is 11.6. The van der Waals surface area contributed by atoms with Crippen LogP contribution in [0.4, 0.5) is 0 Å². The molecule has 0 aliphatic heterocycles. The molecule has 0 fully saturated rings. The second kappa shape index (κ2) is 8.45. The van der Waals surface area contributed by atoms with Crippen molar-refractivity contribution in [3.8, 4) is 0 Å². The predicted octanol–water partition coefficient (Wildman–Crippen LogP) is -1.11. The van der Waals surface area contributed by atoms with Gasteiger partial charge in [-0.3, -0.25) is 4.79 Å². The summed E-state index contributed by atoms with van der Waals surface area (Å²) >= 11 is 3.36. The molecule has 0 unspecified atom stereocenters. The van der Waals surface area contributed by atoms with Gasteiger partial charge in [-0.25, -0.2) is 5.43 Å². The lowest BCUT2D eigenvalue weighted by molar-refractivity contribution is -0.684. The summed E-state index contributed by atoms with van der Waals surface area (Å²) in [7, 11) is 0. The van der Waals surface area contributed by atoms with E-state index in [1.54, 1.807) is 10.8 Å². The Morgan fingerprint density at radius 1 is 1.20 bits per heavy atom. The first kappa shape index (κ1) is 16.3. The first-order valence-corrected chi connectivity index (χ1v) is 6.55. The maximum Gasteiger partial charge on any atom is 0.305 e. The largest absolute Gasteiger partial charge is 1.00 e. The fourth-order valence-corrected chi connectivity index (χ4v) is 1.73. The molecule has 20 heavy (non-hydrogen) atoms. The van der Waals surface area contributed by atoms with Crippen molar-refractivity contribution in [2.45, 2.75) is 6.54 Å². The number of rotatable bonds is 4. The molecule has 1 aromatic heterocycles. The van der Waals surface area contributed by atoms with Gasteiger partial charge < -0.3 is 12.4 Å². The molecule has 1 heterocycles. The number of pyridine rings is 1. The Morgan fingerprint density at radius 2 is 1.85 bits per heavy atom. The zero-order chi connectivity index (χ0) is 13.5. The van der Waals surface area contributed by atoms with Crippen LogP contribution in [0.15, 0.2) is 64.4 Å². The van der Waals surface area contributed by atoms with E-state index in [4.69, 9.17) is 0 Å². The Labute approximate surface area is 132 Å². The van der Waals surface area contributed by atoms with Gasteiger partial charge >= 0.3 is 5.91 Å². The highest BCUT2D eigenvalue weighted by molar-refractivity contribution is 9.10. The third-order valence-electron chi connectivity index (χ3n) is 2.38. The van der Waals surface area contributed by atoms with Crippen LogP contribution < -0.4 is 22.4 Å². The number of benzene rings is 1. The number of halogens is 2. The highest BCUT2D eigenvalue weighted by Crippen LogP contribution is 2.08. The molecule has 0 aliphatic carbocycles. The summed E-state index contributed by atoms with van der Waals surface area (Å²) in [4.78, 5) is 11.6. The third-order valence-corrected chi connectivity index (χ3v) is 2.91. The monoisotopic (exact) mass is 353 g/mol. The topological polar surface area (TPSA) is 45.3 Å². The molecule has 104 valence electrons. The van der Waals surface area contributed by atoms with Gasteiger partial charge in [-0.1, -0.05) is 34.1 Å². The minimum Gasteiger partial charge on any atom is -1.00 e. The molecule has 0 radical (unpaired) electrons. The number of nitrogens with zero attached hydrogens (tertiary/aromatic N) is 2. The molecule has 0 saturated carbocycles. The summed E-state index contributed by atoms with van der Waals surface area (Å²) in [5, 5.41) is 3.91. The first-order chi connectivity index (χ1) is 9.24. The Balaban J connectivity index is 0.00000200. The molecule has 6 heteroatoms. The van der Waals surface area contributed by atoms with E-state index >= 15 is 0 Å². The highest BCUT2D eigenvalue weighted by atomic mass is 79.9. The lowest BCUT2D eigenvalue weighted by Gasteiger charge is -1.96. The molecule has 0 saturated heterocycles. The Hall–Kier alpha value is -1.72. The number of aromatic nitrogens is 1. The van der Waals surface area contributed by atoms with Crippen LogP contribution in [0, 0.1) is 0 Å². The van der Waals surface area contributed by atoms with Gasteiger partial charge in [0.1, 0.15) is 0 Å². The normalized spacial score (nSPS) is 10.1. The average molecular weight is 355 g/mol. The Bertz CT molecular complexity index is 573.